The molecule has 3 aromatic rings. The van der Waals surface area contributed by atoms with E-state index in [1.165, 1.54) is 11.8 Å². The third kappa shape index (κ3) is 4.33. The number of aromatic nitrogens is 1. The van der Waals surface area contributed by atoms with Crippen molar-refractivity contribution >= 4 is 40.2 Å². The fourth-order valence-corrected chi connectivity index (χ4v) is 3.38. The number of carbonyl (C=O) groups excluding carboxylic acids is 1. The van der Waals surface area contributed by atoms with Crippen molar-refractivity contribution in [2.75, 3.05) is 0 Å². The van der Waals surface area contributed by atoms with E-state index < -0.39 is 0 Å². The highest BCUT2D eigenvalue weighted by Gasteiger charge is 2.15. The maximum absolute atomic E-state index is 12.7. The van der Waals surface area contributed by atoms with Crippen molar-refractivity contribution in [2.45, 2.75) is 36.2 Å². The first-order valence-corrected chi connectivity index (χ1v) is 9.40. The highest BCUT2D eigenvalue weighted by molar-refractivity contribution is 7.99. The monoisotopic (exact) mass is 370 g/mol. The third-order valence-electron chi connectivity index (χ3n) is 3.96. The minimum absolute atomic E-state index is 0.0640. The number of halogens is 1. The third-order valence-corrected chi connectivity index (χ3v) is 5.14. The standard InChI is InChI=1S/C20H19ClN2OS/c1-3-13(2)22-20(24)17-12-19(23-18-7-5-4-6-16(17)18)25-15-10-8-14(21)9-11-15/h4-13H,3H2,1-2H3,(H,22,24)/t13-/m1/s1. The molecule has 25 heavy (non-hydrogen) atoms. The van der Waals surface area contributed by atoms with Gasteiger partial charge in [-0.05, 0) is 49.7 Å². The van der Waals surface area contributed by atoms with E-state index in [4.69, 9.17) is 11.6 Å². The summed E-state index contributed by atoms with van der Waals surface area (Å²) in [5, 5.41) is 5.39. The van der Waals surface area contributed by atoms with Gasteiger partial charge in [-0.25, -0.2) is 4.98 Å². The van der Waals surface area contributed by atoms with E-state index in [0.717, 1.165) is 27.2 Å². The van der Waals surface area contributed by atoms with Crippen molar-refractivity contribution in [2.24, 2.45) is 0 Å². The highest BCUT2D eigenvalue weighted by Crippen LogP contribution is 2.30. The summed E-state index contributed by atoms with van der Waals surface area (Å²) < 4.78 is 0. The molecule has 0 fully saturated rings. The molecule has 0 saturated carbocycles. The molecule has 1 N–H and O–H groups in total. The van der Waals surface area contributed by atoms with Gasteiger partial charge in [0.25, 0.3) is 5.91 Å². The van der Waals surface area contributed by atoms with Crippen LogP contribution in [0.2, 0.25) is 5.02 Å². The minimum Gasteiger partial charge on any atom is -0.350 e. The summed E-state index contributed by atoms with van der Waals surface area (Å²) in [5.74, 6) is -0.0640. The number of amides is 1. The molecule has 1 amide bonds. The van der Waals surface area contributed by atoms with E-state index in [2.05, 4.69) is 17.2 Å². The Morgan fingerprint density at radius 2 is 1.92 bits per heavy atom. The van der Waals surface area contributed by atoms with Gasteiger partial charge in [0.1, 0.15) is 5.03 Å². The zero-order valence-corrected chi connectivity index (χ0v) is 15.7. The van der Waals surface area contributed by atoms with E-state index >= 15 is 0 Å². The van der Waals surface area contributed by atoms with Crippen LogP contribution in [-0.4, -0.2) is 16.9 Å². The predicted molar refractivity (Wildman–Crippen MR) is 105 cm³/mol. The van der Waals surface area contributed by atoms with Gasteiger partial charge in [-0.3, -0.25) is 4.79 Å². The van der Waals surface area contributed by atoms with Gasteiger partial charge in [-0.2, -0.15) is 0 Å². The molecule has 0 aliphatic heterocycles. The van der Waals surface area contributed by atoms with Crippen LogP contribution in [0.25, 0.3) is 10.9 Å². The first-order chi connectivity index (χ1) is 12.1. The molecule has 1 heterocycles. The average Bonchev–Trinajstić information content (AvgIpc) is 2.62. The Labute approximate surface area is 156 Å². The first kappa shape index (κ1) is 17.8. The second-order valence-electron chi connectivity index (χ2n) is 5.86. The molecule has 0 aliphatic rings. The molecule has 0 spiro atoms. The van der Waals surface area contributed by atoms with Crippen molar-refractivity contribution in [1.82, 2.24) is 10.3 Å². The summed E-state index contributed by atoms with van der Waals surface area (Å²) in [7, 11) is 0. The topological polar surface area (TPSA) is 42.0 Å². The number of para-hydroxylation sites is 1. The van der Waals surface area contributed by atoms with Crippen LogP contribution < -0.4 is 5.32 Å². The summed E-state index contributed by atoms with van der Waals surface area (Å²) in [6.45, 7) is 4.06. The molecule has 0 radical (unpaired) electrons. The Morgan fingerprint density at radius 3 is 2.64 bits per heavy atom. The van der Waals surface area contributed by atoms with Gasteiger partial charge in [0, 0.05) is 21.3 Å². The molecule has 3 nitrogen and oxygen atoms in total. The molecule has 128 valence electrons. The Bertz CT molecular complexity index is 896. The lowest BCUT2D eigenvalue weighted by molar-refractivity contribution is 0.0940. The summed E-state index contributed by atoms with van der Waals surface area (Å²) in [5.41, 5.74) is 1.47. The number of hydrogen-bond acceptors (Lipinski definition) is 3. The molecule has 0 saturated heterocycles. The number of nitrogens with one attached hydrogen (secondary N) is 1. The van der Waals surface area contributed by atoms with E-state index in [1.54, 1.807) is 0 Å². The second kappa shape index (κ2) is 7.89. The van der Waals surface area contributed by atoms with Crippen LogP contribution in [-0.2, 0) is 0 Å². The van der Waals surface area contributed by atoms with Crippen molar-refractivity contribution in [1.29, 1.82) is 0 Å². The van der Waals surface area contributed by atoms with E-state index in [1.807, 2.05) is 61.5 Å². The molecule has 0 unspecified atom stereocenters. The van der Waals surface area contributed by atoms with Gasteiger partial charge in [-0.1, -0.05) is 48.5 Å². The second-order valence-corrected chi connectivity index (χ2v) is 7.39. The van der Waals surface area contributed by atoms with Crippen molar-refractivity contribution in [3.8, 4) is 0 Å². The summed E-state index contributed by atoms with van der Waals surface area (Å²) in [6, 6.07) is 17.3. The molecular formula is C20H19ClN2OS. The first-order valence-electron chi connectivity index (χ1n) is 8.21. The molecule has 0 aliphatic carbocycles. The number of pyridine rings is 1. The Morgan fingerprint density at radius 1 is 1.20 bits per heavy atom. The fourth-order valence-electron chi connectivity index (χ4n) is 2.42. The molecule has 0 bridgehead atoms. The highest BCUT2D eigenvalue weighted by atomic mass is 35.5. The number of hydrogen-bond donors (Lipinski definition) is 1. The SMILES string of the molecule is CC[C@@H](C)NC(=O)c1cc(Sc2ccc(Cl)cc2)nc2ccccc12. The van der Waals surface area contributed by atoms with Gasteiger partial charge in [0.05, 0.1) is 11.1 Å². The van der Waals surface area contributed by atoms with Crippen LogP contribution >= 0.6 is 23.4 Å². The normalized spacial score (nSPS) is 12.1. The Kier molecular flexibility index (Phi) is 5.61. The zero-order valence-electron chi connectivity index (χ0n) is 14.1. The smallest absolute Gasteiger partial charge is 0.252 e. The maximum atomic E-state index is 12.7. The van der Waals surface area contributed by atoms with E-state index in [-0.39, 0.29) is 11.9 Å². The molecule has 5 heteroatoms. The lowest BCUT2D eigenvalue weighted by Gasteiger charge is -2.14. The van der Waals surface area contributed by atoms with Crippen molar-refractivity contribution in [3.05, 3.63) is 65.2 Å². The van der Waals surface area contributed by atoms with Crippen molar-refractivity contribution in [3.63, 3.8) is 0 Å². The van der Waals surface area contributed by atoms with Crippen LogP contribution in [0.4, 0.5) is 0 Å². The lowest BCUT2D eigenvalue weighted by atomic mass is 10.1. The van der Waals surface area contributed by atoms with Crippen molar-refractivity contribution < 1.29 is 4.79 Å². The van der Waals surface area contributed by atoms with Gasteiger partial charge in [-0.15, -0.1) is 0 Å². The zero-order chi connectivity index (χ0) is 17.8. The largest absolute Gasteiger partial charge is 0.350 e. The molecule has 1 atom stereocenters. The predicted octanol–water partition coefficient (Wildman–Crippen LogP) is 5.57. The van der Waals surface area contributed by atoms with E-state index in [9.17, 15) is 4.79 Å². The maximum Gasteiger partial charge on any atom is 0.252 e. The van der Waals surface area contributed by atoms with Gasteiger partial charge >= 0.3 is 0 Å². The summed E-state index contributed by atoms with van der Waals surface area (Å²) in [4.78, 5) is 18.4. The minimum atomic E-state index is -0.0640. The molecule has 2 aromatic carbocycles. The van der Waals surface area contributed by atoms with Crippen LogP contribution in [0.1, 0.15) is 30.6 Å². The number of nitrogens with zero attached hydrogens (tertiary/aromatic N) is 1. The molecule has 3 rings (SSSR count). The van der Waals surface area contributed by atoms with Crippen LogP contribution in [0.15, 0.2) is 64.5 Å². The van der Waals surface area contributed by atoms with Gasteiger partial charge < -0.3 is 5.32 Å². The van der Waals surface area contributed by atoms with Crippen LogP contribution in [0.5, 0.6) is 0 Å². The number of carbonyl (C=O) groups is 1. The Hall–Kier alpha value is -2.04. The van der Waals surface area contributed by atoms with Crippen LogP contribution in [0, 0.1) is 0 Å². The summed E-state index contributed by atoms with van der Waals surface area (Å²) in [6.07, 6.45) is 0.890. The summed E-state index contributed by atoms with van der Waals surface area (Å²) >= 11 is 7.46. The van der Waals surface area contributed by atoms with Gasteiger partial charge in [0.15, 0.2) is 0 Å². The number of rotatable bonds is 5. The fraction of sp³-hybridized carbons (Fsp3) is 0.200. The average molecular weight is 371 g/mol. The Balaban J connectivity index is 1.99. The van der Waals surface area contributed by atoms with E-state index in [0.29, 0.717) is 10.6 Å². The number of benzene rings is 2. The number of fused-ring (bicyclic) bond motifs is 1. The van der Waals surface area contributed by atoms with Gasteiger partial charge in [0.2, 0.25) is 0 Å². The molecule has 1 aromatic heterocycles. The molecular weight excluding hydrogens is 352 g/mol. The van der Waals surface area contributed by atoms with Crippen LogP contribution in [0.3, 0.4) is 0 Å². The lowest BCUT2D eigenvalue weighted by Crippen LogP contribution is -2.32. The quantitative estimate of drug-likeness (QED) is 0.638.